The van der Waals surface area contributed by atoms with Crippen molar-refractivity contribution in [3.05, 3.63) is 62.5 Å². The van der Waals surface area contributed by atoms with Gasteiger partial charge in [0.25, 0.3) is 0 Å². The van der Waals surface area contributed by atoms with Crippen molar-refractivity contribution in [3.63, 3.8) is 0 Å². The van der Waals surface area contributed by atoms with Gasteiger partial charge in [-0.05, 0) is 58.4 Å². The average molecular weight is 384 g/mol. The number of benzene rings is 2. The first-order valence-corrected chi connectivity index (χ1v) is 7.60. The third-order valence-corrected chi connectivity index (χ3v) is 4.10. The summed E-state index contributed by atoms with van der Waals surface area (Å²) >= 11 is 6.91. The molecule has 0 heterocycles. The predicted octanol–water partition coefficient (Wildman–Crippen LogP) is 4.43. The smallest absolute Gasteiger partial charge is 0.0458 e. The molecule has 0 amide bonds. The number of hydrogen-bond acceptors (Lipinski definition) is 2. The van der Waals surface area contributed by atoms with E-state index in [1.807, 2.05) is 6.07 Å². The SMILES string of the molecule is CN(Cc1ccc(Br)cc1)Cc1ccc(N)c(Br)c1. The topological polar surface area (TPSA) is 29.3 Å². The van der Waals surface area contributed by atoms with Crippen LogP contribution in [0.5, 0.6) is 0 Å². The molecule has 0 aliphatic rings. The van der Waals surface area contributed by atoms with E-state index in [0.717, 1.165) is 27.7 Å². The zero-order valence-electron chi connectivity index (χ0n) is 10.7. The lowest BCUT2D eigenvalue weighted by atomic mass is 10.1. The van der Waals surface area contributed by atoms with E-state index in [4.69, 9.17) is 5.73 Å². The van der Waals surface area contributed by atoms with E-state index in [0.29, 0.717) is 0 Å². The quantitative estimate of drug-likeness (QED) is 0.791. The van der Waals surface area contributed by atoms with Gasteiger partial charge in [0, 0.05) is 27.7 Å². The van der Waals surface area contributed by atoms with E-state index in [-0.39, 0.29) is 0 Å². The van der Waals surface area contributed by atoms with Gasteiger partial charge >= 0.3 is 0 Å². The van der Waals surface area contributed by atoms with Crippen LogP contribution in [0.25, 0.3) is 0 Å². The number of anilines is 1. The van der Waals surface area contributed by atoms with Gasteiger partial charge < -0.3 is 5.73 Å². The molecule has 0 saturated heterocycles. The lowest BCUT2D eigenvalue weighted by Gasteiger charge is -2.17. The molecule has 0 aliphatic heterocycles. The summed E-state index contributed by atoms with van der Waals surface area (Å²) in [5, 5.41) is 0. The maximum absolute atomic E-state index is 5.79. The fourth-order valence-corrected chi connectivity index (χ4v) is 2.63. The minimum atomic E-state index is 0.777. The second-order valence-electron chi connectivity index (χ2n) is 4.65. The van der Waals surface area contributed by atoms with Gasteiger partial charge in [0.2, 0.25) is 0 Å². The lowest BCUT2D eigenvalue weighted by Crippen LogP contribution is -2.17. The normalized spacial score (nSPS) is 10.9. The molecule has 2 rings (SSSR count). The molecule has 0 saturated carbocycles. The second-order valence-corrected chi connectivity index (χ2v) is 6.42. The minimum absolute atomic E-state index is 0.777. The molecular weight excluding hydrogens is 368 g/mol. The van der Waals surface area contributed by atoms with Crippen LogP contribution in [0.1, 0.15) is 11.1 Å². The van der Waals surface area contributed by atoms with Crippen LogP contribution in [0, 0.1) is 0 Å². The first kappa shape index (κ1) is 14.6. The number of halogens is 2. The zero-order valence-corrected chi connectivity index (χ0v) is 13.9. The van der Waals surface area contributed by atoms with Gasteiger partial charge in [0.15, 0.2) is 0 Å². The van der Waals surface area contributed by atoms with Gasteiger partial charge in [0.1, 0.15) is 0 Å². The number of nitrogens with two attached hydrogens (primary N) is 1. The van der Waals surface area contributed by atoms with Crippen LogP contribution in [0.15, 0.2) is 51.4 Å². The summed E-state index contributed by atoms with van der Waals surface area (Å²) in [6.07, 6.45) is 0. The molecule has 0 spiro atoms. The van der Waals surface area contributed by atoms with E-state index in [2.05, 4.69) is 80.2 Å². The Morgan fingerprint density at radius 1 is 0.947 bits per heavy atom. The van der Waals surface area contributed by atoms with Gasteiger partial charge in [-0.15, -0.1) is 0 Å². The van der Waals surface area contributed by atoms with Crippen molar-refractivity contribution in [2.75, 3.05) is 12.8 Å². The fourth-order valence-electron chi connectivity index (χ4n) is 1.94. The molecule has 0 fully saturated rings. The van der Waals surface area contributed by atoms with E-state index in [1.165, 1.54) is 11.1 Å². The minimum Gasteiger partial charge on any atom is -0.398 e. The molecule has 2 N–H and O–H groups in total. The predicted molar refractivity (Wildman–Crippen MR) is 87.9 cm³/mol. The highest BCUT2D eigenvalue weighted by Gasteiger charge is 2.04. The molecule has 2 nitrogen and oxygen atoms in total. The third-order valence-electron chi connectivity index (χ3n) is 2.88. The van der Waals surface area contributed by atoms with Crippen molar-refractivity contribution >= 4 is 37.5 Å². The molecule has 0 aliphatic carbocycles. The van der Waals surface area contributed by atoms with Crippen LogP contribution < -0.4 is 5.73 Å². The summed E-state index contributed by atoms with van der Waals surface area (Å²) < 4.78 is 2.07. The Balaban J connectivity index is 1.98. The molecule has 4 heteroatoms. The Morgan fingerprint density at radius 3 is 2.16 bits per heavy atom. The number of nitrogens with zero attached hydrogens (tertiary/aromatic N) is 1. The number of hydrogen-bond donors (Lipinski definition) is 1. The summed E-state index contributed by atoms with van der Waals surface area (Å²) in [7, 11) is 2.12. The van der Waals surface area contributed by atoms with Crippen LogP contribution in [0.4, 0.5) is 5.69 Å². The monoisotopic (exact) mass is 382 g/mol. The van der Waals surface area contributed by atoms with E-state index in [1.54, 1.807) is 0 Å². The largest absolute Gasteiger partial charge is 0.398 e. The molecule has 0 radical (unpaired) electrons. The number of rotatable bonds is 4. The first-order valence-electron chi connectivity index (χ1n) is 6.01. The summed E-state index contributed by atoms with van der Waals surface area (Å²) in [5.74, 6) is 0. The third kappa shape index (κ3) is 4.34. The Labute approximate surface area is 130 Å². The average Bonchev–Trinajstić information content (AvgIpc) is 2.37. The van der Waals surface area contributed by atoms with Gasteiger partial charge in [-0.25, -0.2) is 0 Å². The molecule has 0 aromatic heterocycles. The summed E-state index contributed by atoms with van der Waals surface area (Å²) in [4.78, 5) is 2.28. The molecule has 2 aromatic rings. The molecule has 2 aromatic carbocycles. The van der Waals surface area contributed by atoms with E-state index in [9.17, 15) is 0 Å². The molecule has 0 bridgehead atoms. The maximum atomic E-state index is 5.79. The van der Waals surface area contributed by atoms with Gasteiger partial charge in [-0.2, -0.15) is 0 Å². The standard InChI is InChI=1S/C15H16Br2N2/c1-19(9-11-2-5-13(16)6-3-11)10-12-4-7-15(18)14(17)8-12/h2-8H,9-10,18H2,1H3. The van der Waals surface area contributed by atoms with Crippen molar-refractivity contribution in [3.8, 4) is 0 Å². The Bertz CT molecular complexity index is 553. The summed E-state index contributed by atoms with van der Waals surface area (Å²) in [5.41, 5.74) is 9.13. The van der Waals surface area contributed by atoms with Crippen LogP contribution in [-0.2, 0) is 13.1 Å². The van der Waals surface area contributed by atoms with Crippen molar-refractivity contribution in [2.24, 2.45) is 0 Å². The molecular formula is C15H16Br2N2. The highest BCUT2D eigenvalue weighted by Crippen LogP contribution is 2.21. The van der Waals surface area contributed by atoms with Crippen LogP contribution in [0.2, 0.25) is 0 Å². The fraction of sp³-hybridized carbons (Fsp3) is 0.200. The van der Waals surface area contributed by atoms with Crippen molar-refractivity contribution in [1.29, 1.82) is 0 Å². The summed E-state index contributed by atoms with van der Waals surface area (Å²) in [6.45, 7) is 1.82. The second kappa shape index (κ2) is 6.55. The Hall–Kier alpha value is -0.840. The van der Waals surface area contributed by atoms with E-state index < -0.39 is 0 Å². The van der Waals surface area contributed by atoms with Crippen LogP contribution in [0.3, 0.4) is 0 Å². The van der Waals surface area contributed by atoms with Crippen molar-refractivity contribution in [2.45, 2.75) is 13.1 Å². The van der Waals surface area contributed by atoms with Crippen molar-refractivity contribution < 1.29 is 0 Å². The van der Waals surface area contributed by atoms with E-state index >= 15 is 0 Å². The highest BCUT2D eigenvalue weighted by molar-refractivity contribution is 9.10. The molecule has 0 atom stereocenters. The van der Waals surface area contributed by atoms with Gasteiger partial charge in [-0.1, -0.05) is 34.1 Å². The highest BCUT2D eigenvalue weighted by atomic mass is 79.9. The molecule has 19 heavy (non-hydrogen) atoms. The van der Waals surface area contributed by atoms with Gasteiger partial charge in [0.05, 0.1) is 0 Å². The lowest BCUT2D eigenvalue weighted by molar-refractivity contribution is 0.319. The van der Waals surface area contributed by atoms with Crippen LogP contribution >= 0.6 is 31.9 Å². The van der Waals surface area contributed by atoms with Crippen LogP contribution in [-0.4, -0.2) is 11.9 Å². The first-order chi connectivity index (χ1) is 9.04. The van der Waals surface area contributed by atoms with Crippen molar-refractivity contribution in [1.82, 2.24) is 4.90 Å². The molecule has 0 unspecified atom stereocenters. The Morgan fingerprint density at radius 2 is 1.53 bits per heavy atom. The molecule has 100 valence electrons. The maximum Gasteiger partial charge on any atom is 0.0458 e. The number of nitrogen functional groups attached to an aromatic ring is 1. The van der Waals surface area contributed by atoms with Gasteiger partial charge in [-0.3, -0.25) is 4.90 Å². The Kier molecular flexibility index (Phi) is 5.02. The summed E-state index contributed by atoms with van der Waals surface area (Å²) in [6, 6.07) is 14.5. The zero-order chi connectivity index (χ0) is 13.8.